The lowest BCUT2D eigenvalue weighted by Crippen LogP contribution is -2.20. The molecule has 110 valence electrons. The molecular weight excluding hydrogens is 295 g/mol. The van der Waals surface area contributed by atoms with Gasteiger partial charge in [0, 0.05) is 18.3 Å². The van der Waals surface area contributed by atoms with E-state index in [1.807, 2.05) is 6.07 Å². The van der Waals surface area contributed by atoms with Gasteiger partial charge in [-0.1, -0.05) is 23.7 Å². The highest BCUT2D eigenvalue weighted by molar-refractivity contribution is 6.30. The van der Waals surface area contributed by atoms with E-state index in [0.29, 0.717) is 12.3 Å². The lowest BCUT2D eigenvalue weighted by atomic mass is 10.2. The van der Waals surface area contributed by atoms with Crippen LogP contribution in [-0.2, 0) is 11.3 Å². The Balaban J connectivity index is 1.97. The van der Waals surface area contributed by atoms with Crippen molar-refractivity contribution < 1.29 is 13.9 Å². The van der Waals surface area contributed by atoms with E-state index in [0.717, 1.165) is 11.3 Å². The molecule has 1 amide bonds. The summed E-state index contributed by atoms with van der Waals surface area (Å²) < 4.78 is 18.5. The number of anilines is 1. The summed E-state index contributed by atoms with van der Waals surface area (Å²) in [7, 11) is 0. The van der Waals surface area contributed by atoms with Gasteiger partial charge in [0.2, 0.25) is 0 Å². The van der Waals surface area contributed by atoms with Crippen LogP contribution in [0, 0.1) is 5.82 Å². The number of nitrogens with one attached hydrogen (secondary N) is 1. The topological polar surface area (TPSA) is 64.4 Å². The molecule has 6 heteroatoms. The van der Waals surface area contributed by atoms with Crippen molar-refractivity contribution in [2.24, 2.45) is 5.73 Å². The minimum atomic E-state index is -0.537. The number of halogens is 2. The summed E-state index contributed by atoms with van der Waals surface area (Å²) in [6, 6.07) is 11.7. The molecule has 2 aromatic carbocycles. The minimum absolute atomic E-state index is 0.0978. The zero-order chi connectivity index (χ0) is 15.2. The quantitative estimate of drug-likeness (QED) is 0.862. The van der Waals surface area contributed by atoms with Crippen LogP contribution in [0.1, 0.15) is 5.56 Å². The number of primary amides is 1. The molecular formula is C15H14ClFN2O2. The van der Waals surface area contributed by atoms with Crippen LogP contribution in [0.25, 0.3) is 0 Å². The van der Waals surface area contributed by atoms with Gasteiger partial charge in [0.1, 0.15) is 11.6 Å². The van der Waals surface area contributed by atoms with Crippen LogP contribution in [0.5, 0.6) is 5.75 Å². The highest BCUT2D eigenvalue weighted by Crippen LogP contribution is 2.19. The second-order valence-electron chi connectivity index (χ2n) is 4.38. The van der Waals surface area contributed by atoms with Crippen LogP contribution in [-0.4, -0.2) is 12.5 Å². The van der Waals surface area contributed by atoms with Crippen molar-refractivity contribution in [3.8, 4) is 5.75 Å². The minimum Gasteiger partial charge on any atom is -0.484 e. The second kappa shape index (κ2) is 6.95. The number of hydrogen-bond acceptors (Lipinski definition) is 3. The summed E-state index contributed by atoms with van der Waals surface area (Å²) in [5, 5.41) is 3.23. The summed E-state index contributed by atoms with van der Waals surface area (Å²) in [6.45, 7) is 0.263. The van der Waals surface area contributed by atoms with Crippen molar-refractivity contribution in [3.63, 3.8) is 0 Å². The molecule has 0 aromatic heterocycles. The smallest absolute Gasteiger partial charge is 0.255 e. The molecule has 3 N–H and O–H groups in total. The fourth-order valence-corrected chi connectivity index (χ4v) is 1.82. The Kier molecular flexibility index (Phi) is 5.00. The molecule has 0 saturated carbocycles. The van der Waals surface area contributed by atoms with Crippen molar-refractivity contribution in [1.82, 2.24) is 0 Å². The first-order valence-electron chi connectivity index (χ1n) is 6.23. The maximum atomic E-state index is 13.3. The van der Waals surface area contributed by atoms with E-state index >= 15 is 0 Å². The van der Waals surface area contributed by atoms with Crippen molar-refractivity contribution >= 4 is 23.2 Å². The van der Waals surface area contributed by atoms with Crippen LogP contribution in [0.4, 0.5) is 10.1 Å². The van der Waals surface area contributed by atoms with Gasteiger partial charge < -0.3 is 15.8 Å². The van der Waals surface area contributed by atoms with Gasteiger partial charge in [0.05, 0.1) is 5.02 Å². The monoisotopic (exact) mass is 308 g/mol. The molecule has 2 rings (SSSR count). The lowest BCUT2D eigenvalue weighted by Gasteiger charge is -2.09. The van der Waals surface area contributed by atoms with Crippen molar-refractivity contribution in [2.75, 3.05) is 11.9 Å². The van der Waals surface area contributed by atoms with E-state index in [4.69, 9.17) is 22.1 Å². The zero-order valence-electron chi connectivity index (χ0n) is 11.1. The Labute approximate surface area is 126 Å². The fourth-order valence-electron chi connectivity index (χ4n) is 1.70. The number of ether oxygens (including phenoxy) is 1. The van der Waals surface area contributed by atoms with Crippen molar-refractivity contribution in [1.29, 1.82) is 0 Å². The molecule has 0 saturated heterocycles. The second-order valence-corrected chi connectivity index (χ2v) is 4.79. The maximum absolute atomic E-state index is 13.3. The third-order valence-corrected chi connectivity index (χ3v) is 3.00. The number of carbonyl (C=O) groups excluding carboxylic acids is 1. The summed E-state index contributed by atoms with van der Waals surface area (Å²) in [6.07, 6.45) is 0. The Morgan fingerprint density at radius 2 is 2.10 bits per heavy atom. The molecule has 0 aliphatic rings. The lowest BCUT2D eigenvalue weighted by molar-refractivity contribution is -0.119. The van der Waals surface area contributed by atoms with Crippen LogP contribution in [0.3, 0.4) is 0 Å². The van der Waals surface area contributed by atoms with Gasteiger partial charge in [-0.3, -0.25) is 4.79 Å². The van der Waals surface area contributed by atoms with E-state index in [1.165, 1.54) is 12.1 Å². The normalized spacial score (nSPS) is 10.2. The molecule has 0 aliphatic heterocycles. The van der Waals surface area contributed by atoms with Crippen molar-refractivity contribution in [3.05, 3.63) is 58.9 Å². The Hall–Kier alpha value is -2.27. The van der Waals surface area contributed by atoms with Crippen molar-refractivity contribution in [2.45, 2.75) is 6.54 Å². The summed E-state index contributed by atoms with van der Waals surface area (Å²) in [4.78, 5) is 10.7. The highest BCUT2D eigenvalue weighted by Gasteiger charge is 2.02. The molecule has 0 spiro atoms. The molecule has 2 aromatic rings. The van der Waals surface area contributed by atoms with Crippen LogP contribution < -0.4 is 15.8 Å². The zero-order valence-corrected chi connectivity index (χ0v) is 11.9. The predicted molar refractivity (Wildman–Crippen MR) is 79.9 cm³/mol. The molecule has 0 unspecified atom stereocenters. The molecule has 0 radical (unpaired) electrons. The van der Waals surface area contributed by atoms with Gasteiger partial charge in [-0.25, -0.2) is 4.39 Å². The number of benzene rings is 2. The van der Waals surface area contributed by atoms with Crippen LogP contribution >= 0.6 is 11.6 Å². The van der Waals surface area contributed by atoms with Gasteiger partial charge in [-0.15, -0.1) is 0 Å². The highest BCUT2D eigenvalue weighted by atomic mass is 35.5. The maximum Gasteiger partial charge on any atom is 0.255 e. The van der Waals surface area contributed by atoms with Gasteiger partial charge in [-0.2, -0.15) is 0 Å². The number of rotatable bonds is 6. The van der Waals surface area contributed by atoms with Gasteiger partial charge >= 0.3 is 0 Å². The first kappa shape index (κ1) is 15.1. The molecule has 0 fully saturated rings. The molecule has 0 bridgehead atoms. The van der Waals surface area contributed by atoms with E-state index in [9.17, 15) is 9.18 Å². The van der Waals surface area contributed by atoms with Crippen LogP contribution in [0.15, 0.2) is 42.5 Å². The van der Waals surface area contributed by atoms with E-state index in [1.54, 1.807) is 24.3 Å². The molecule has 0 atom stereocenters. The Morgan fingerprint density at radius 3 is 2.81 bits per heavy atom. The first-order chi connectivity index (χ1) is 10.0. The average Bonchev–Trinajstić information content (AvgIpc) is 2.47. The third-order valence-electron chi connectivity index (χ3n) is 2.70. The predicted octanol–water partition coefficient (Wildman–Crippen LogP) is 2.96. The molecule has 0 heterocycles. The number of amides is 1. The summed E-state index contributed by atoms with van der Waals surface area (Å²) in [5.74, 6) is -0.458. The van der Waals surface area contributed by atoms with Gasteiger partial charge in [0.25, 0.3) is 5.91 Å². The van der Waals surface area contributed by atoms with E-state index in [-0.39, 0.29) is 11.6 Å². The molecule has 0 aliphatic carbocycles. The SMILES string of the molecule is NC(=O)COc1cccc(NCc2ccc(Cl)c(F)c2)c1. The van der Waals surface area contributed by atoms with Gasteiger partial charge in [-0.05, 0) is 29.8 Å². The summed E-state index contributed by atoms with van der Waals surface area (Å²) in [5.41, 5.74) is 6.56. The third kappa shape index (κ3) is 4.65. The summed E-state index contributed by atoms with van der Waals surface area (Å²) >= 11 is 5.63. The Bertz CT molecular complexity index is 649. The average molecular weight is 309 g/mol. The number of carbonyl (C=O) groups is 1. The number of nitrogens with two attached hydrogens (primary N) is 1. The van der Waals surface area contributed by atoms with Gasteiger partial charge in [0.15, 0.2) is 6.61 Å². The van der Waals surface area contributed by atoms with Crippen LogP contribution in [0.2, 0.25) is 5.02 Å². The largest absolute Gasteiger partial charge is 0.484 e. The standard InChI is InChI=1S/C15H14ClFN2O2/c16-13-5-4-10(6-14(13)17)8-19-11-2-1-3-12(7-11)21-9-15(18)20/h1-7,19H,8-9H2,(H2,18,20). The van der Waals surface area contributed by atoms with E-state index < -0.39 is 11.7 Å². The van der Waals surface area contributed by atoms with E-state index in [2.05, 4.69) is 5.32 Å². The Morgan fingerprint density at radius 1 is 1.29 bits per heavy atom. The number of hydrogen-bond donors (Lipinski definition) is 2. The first-order valence-corrected chi connectivity index (χ1v) is 6.61. The molecule has 4 nitrogen and oxygen atoms in total. The fraction of sp³-hybridized carbons (Fsp3) is 0.133. The molecule has 21 heavy (non-hydrogen) atoms.